The number of ketones is 1. The Morgan fingerprint density at radius 3 is 2.56 bits per heavy atom. The van der Waals surface area contributed by atoms with Crippen molar-refractivity contribution in [3.05, 3.63) is 36.2 Å². The van der Waals surface area contributed by atoms with Crippen LogP contribution in [0.2, 0.25) is 0 Å². The van der Waals surface area contributed by atoms with Crippen LogP contribution in [-0.2, 0) is 11.6 Å². The SMILES string of the molecule is CCC(=O)c1cnc(N)cc1Nc1nccc(-c2cc(P(=O)(CC)CC)n(C)n2)c1OC. The fourth-order valence-electron chi connectivity index (χ4n) is 3.58. The normalized spacial score (nSPS) is 11.4. The van der Waals surface area contributed by atoms with E-state index in [1.807, 2.05) is 19.9 Å². The molecule has 0 saturated carbocycles. The molecule has 3 aromatic heterocycles. The molecule has 0 bridgehead atoms. The maximum atomic E-state index is 13.3. The second-order valence-corrected chi connectivity index (χ2v) is 10.8. The molecule has 170 valence electrons. The monoisotopic (exact) mass is 456 g/mol. The number of rotatable bonds is 9. The maximum Gasteiger partial charge on any atom is 0.173 e. The third-order valence-corrected chi connectivity index (χ3v) is 8.78. The minimum atomic E-state index is -2.52. The number of anilines is 3. The zero-order valence-electron chi connectivity index (χ0n) is 19.0. The number of nitrogens with zero attached hydrogens (tertiary/aromatic N) is 4. The quantitative estimate of drug-likeness (QED) is 0.368. The van der Waals surface area contributed by atoms with Crippen molar-refractivity contribution < 1.29 is 14.1 Å². The van der Waals surface area contributed by atoms with E-state index in [1.165, 1.54) is 13.3 Å². The molecule has 3 rings (SSSR count). The van der Waals surface area contributed by atoms with Crippen molar-refractivity contribution in [1.29, 1.82) is 0 Å². The largest absolute Gasteiger partial charge is 0.492 e. The van der Waals surface area contributed by atoms with Crippen LogP contribution >= 0.6 is 7.14 Å². The summed E-state index contributed by atoms with van der Waals surface area (Å²) < 4.78 is 20.6. The Balaban J connectivity index is 2.09. The first kappa shape index (κ1) is 23.5. The first-order valence-corrected chi connectivity index (χ1v) is 12.6. The van der Waals surface area contributed by atoms with E-state index in [-0.39, 0.29) is 11.6 Å². The van der Waals surface area contributed by atoms with Gasteiger partial charge in [-0.15, -0.1) is 0 Å². The summed E-state index contributed by atoms with van der Waals surface area (Å²) in [7, 11) is 0.819. The molecule has 32 heavy (non-hydrogen) atoms. The molecule has 9 nitrogen and oxygen atoms in total. The van der Waals surface area contributed by atoms with Crippen LogP contribution in [0.4, 0.5) is 17.3 Å². The number of carbonyl (C=O) groups is 1. The van der Waals surface area contributed by atoms with Crippen molar-refractivity contribution in [2.75, 3.05) is 30.5 Å². The average Bonchev–Trinajstić information content (AvgIpc) is 3.20. The van der Waals surface area contributed by atoms with Crippen LogP contribution in [0.3, 0.4) is 0 Å². The number of hydrogen-bond donors (Lipinski definition) is 2. The predicted molar refractivity (Wildman–Crippen MR) is 128 cm³/mol. The summed E-state index contributed by atoms with van der Waals surface area (Å²) in [5.41, 5.74) is 8.81. The molecule has 0 radical (unpaired) electrons. The Labute approximate surface area is 187 Å². The van der Waals surface area contributed by atoms with Gasteiger partial charge in [-0.05, 0) is 12.1 Å². The molecular weight excluding hydrogens is 427 g/mol. The molecule has 0 aliphatic carbocycles. The number of carbonyl (C=O) groups excluding carboxylic acids is 1. The number of hydrogen-bond acceptors (Lipinski definition) is 8. The Kier molecular flexibility index (Phi) is 6.99. The summed E-state index contributed by atoms with van der Waals surface area (Å²) in [4.78, 5) is 20.8. The third-order valence-electron chi connectivity index (χ3n) is 5.48. The van der Waals surface area contributed by atoms with E-state index >= 15 is 0 Å². The minimum absolute atomic E-state index is 0.0700. The number of pyridine rings is 2. The van der Waals surface area contributed by atoms with Gasteiger partial charge >= 0.3 is 0 Å². The Morgan fingerprint density at radius 2 is 1.94 bits per heavy atom. The Bertz CT molecular complexity index is 1180. The van der Waals surface area contributed by atoms with E-state index in [1.54, 1.807) is 37.0 Å². The zero-order chi connectivity index (χ0) is 23.5. The van der Waals surface area contributed by atoms with Crippen molar-refractivity contribution in [2.24, 2.45) is 7.05 Å². The molecule has 3 N–H and O–H groups in total. The van der Waals surface area contributed by atoms with Crippen molar-refractivity contribution in [3.63, 3.8) is 0 Å². The van der Waals surface area contributed by atoms with Gasteiger partial charge in [0.15, 0.2) is 17.4 Å². The lowest BCUT2D eigenvalue weighted by Crippen LogP contribution is -2.17. The van der Waals surface area contributed by atoms with E-state index < -0.39 is 7.14 Å². The molecule has 10 heteroatoms. The average molecular weight is 456 g/mol. The second-order valence-electron chi connectivity index (χ2n) is 7.33. The van der Waals surface area contributed by atoms with Crippen molar-refractivity contribution in [2.45, 2.75) is 27.2 Å². The summed E-state index contributed by atoms with van der Waals surface area (Å²) in [6.45, 7) is 5.65. The van der Waals surface area contributed by atoms with Gasteiger partial charge in [0.1, 0.15) is 13.0 Å². The van der Waals surface area contributed by atoms with Crippen molar-refractivity contribution in [1.82, 2.24) is 19.7 Å². The zero-order valence-corrected chi connectivity index (χ0v) is 19.9. The summed E-state index contributed by atoms with van der Waals surface area (Å²) in [5.74, 6) is 1.06. The first-order chi connectivity index (χ1) is 15.3. The van der Waals surface area contributed by atoms with Crippen LogP contribution in [0, 0.1) is 0 Å². The van der Waals surface area contributed by atoms with E-state index in [9.17, 15) is 9.36 Å². The molecule has 0 spiro atoms. The second kappa shape index (κ2) is 9.53. The third kappa shape index (κ3) is 4.39. The standard InChI is InChI=1S/C22H29N6O3P/c1-6-18(29)15-13-25-19(23)11-16(15)26-22-21(31-5)14(9-10-24-22)17-12-20(28(4)27-17)32(30,7-2)8-3/h9-13H,6-8H2,1-5H3,(H3,23,24,25,26). The fourth-order valence-corrected chi connectivity index (χ4v) is 5.60. The van der Waals surface area contributed by atoms with Gasteiger partial charge < -0.3 is 20.4 Å². The van der Waals surface area contributed by atoms with E-state index in [2.05, 4.69) is 20.4 Å². The highest BCUT2D eigenvalue weighted by atomic mass is 31.2. The highest BCUT2D eigenvalue weighted by molar-refractivity contribution is 7.71. The van der Waals surface area contributed by atoms with Gasteiger partial charge in [0.25, 0.3) is 0 Å². The van der Waals surface area contributed by atoms with Gasteiger partial charge in [0, 0.05) is 49.8 Å². The van der Waals surface area contributed by atoms with Crippen LogP contribution in [-0.4, -0.2) is 45.0 Å². The van der Waals surface area contributed by atoms with Gasteiger partial charge in [0.2, 0.25) is 0 Å². The lowest BCUT2D eigenvalue weighted by molar-refractivity contribution is 0.0988. The number of aryl methyl sites for hydroxylation is 1. The Morgan fingerprint density at radius 1 is 1.22 bits per heavy atom. The van der Waals surface area contributed by atoms with Gasteiger partial charge in [-0.25, -0.2) is 9.97 Å². The highest BCUT2D eigenvalue weighted by Crippen LogP contribution is 2.44. The number of nitrogen functional groups attached to an aromatic ring is 1. The van der Waals surface area contributed by atoms with Crippen LogP contribution in [0.5, 0.6) is 5.75 Å². The van der Waals surface area contributed by atoms with E-state index in [4.69, 9.17) is 10.5 Å². The summed E-state index contributed by atoms with van der Waals surface area (Å²) in [6, 6.07) is 5.23. The Hall–Kier alpha value is -3.19. The number of nitrogens with one attached hydrogen (secondary N) is 1. The molecule has 0 aliphatic rings. The minimum Gasteiger partial charge on any atom is -0.492 e. The highest BCUT2D eigenvalue weighted by Gasteiger charge is 2.26. The van der Waals surface area contributed by atoms with Crippen LogP contribution in [0.15, 0.2) is 30.6 Å². The molecule has 0 fully saturated rings. The summed E-state index contributed by atoms with van der Waals surface area (Å²) >= 11 is 0. The summed E-state index contributed by atoms with van der Waals surface area (Å²) in [5, 5.41) is 7.76. The number of methoxy groups -OCH3 is 1. The van der Waals surface area contributed by atoms with Crippen molar-refractivity contribution in [3.8, 4) is 17.0 Å². The van der Waals surface area contributed by atoms with Gasteiger partial charge in [-0.2, -0.15) is 5.10 Å². The summed E-state index contributed by atoms with van der Waals surface area (Å²) in [6.07, 6.45) is 4.55. The molecule has 0 amide bonds. The fraction of sp³-hybridized carbons (Fsp3) is 0.364. The topological polar surface area (TPSA) is 125 Å². The maximum absolute atomic E-state index is 13.3. The predicted octanol–water partition coefficient (Wildman–Crippen LogP) is 3.83. The van der Waals surface area contributed by atoms with Crippen LogP contribution in [0.25, 0.3) is 11.3 Å². The molecule has 0 aromatic carbocycles. The van der Waals surface area contributed by atoms with Gasteiger partial charge in [-0.3, -0.25) is 9.48 Å². The van der Waals surface area contributed by atoms with Crippen molar-refractivity contribution >= 4 is 35.7 Å². The molecule has 0 unspecified atom stereocenters. The molecule has 3 aromatic rings. The molecule has 0 atom stereocenters. The lowest BCUT2D eigenvalue weighted by Gasteiger charge is -2.15. The van der Waals surface area contributed by atoms with Crippen LogP contribution in [0.1, 0.15) is 37.6 Å². The number of Topliss-reactive ketones (excluding diaryl/α,β-unsaturated/α-hetero) is 1. The molecular formula is C22H29N6O3P. The molecule has 3 heterocycles. The number of nitrogens with two attached hydrogens (primary N) is 1. The van der Waals surface area contributed by atoms with Gasteiger partial charge in [0.05, 0.1) is 29.5 Å². The first-order valence-electron chi connectivity index (χ1n) is 10.5. The number of aromatic nitrogens is 4. The van der Waals surface area contributed by atoms with E-state index in [0.717, 1.165) is 5.44 Å². The smallest absolute Gasteiger partial charge is 0.173 e. The van der Waals surface area contributed by atoms with Crippen LogP contribution < -0.4 is 21.2 Å². The molecule has 0 aliphatic heterocycles. The van der Waals surface area contributed by atoms with Gasteiger partial charge in [-0.1, -0.05) is 20.8 Å². The van der Waals surface area contributed by atoms with E-state index in [0.29, 0.717) is 52.8 Å². The molecule has 0 saturated heterocycles. The lowest BCUT2D eigenvalue weighted by atomic mass is 10.1. The number of ether oxygens (including phenoxy) is 1.